The zero-order valence-corrected chi connectivity index (χ0v) is 18.9. The standard InChI is InChI=1S/C21H25N7O6/c1-30-14-11-13(12-15(31-2)16(14)29)18-25-26-19(34-18)17-22-20(27-3-7-32-8-4-27)24-21(23-17)28-5-9-33-10-6-28/h11-12,29H,3-10H2,1-2H3. The van der Waals surface area contributed by atoms with Crippen LogP contribution in [0.15, 0.2) is 16.5 Å². The summed E-state index contributed by atoms with van der Waals surface area (Å²) in [6.45, 7) is 5.10. The first kappa shape index (κ1) is 22.1. The van der Waals surface area contributed by atoms with Gasteiger partial charge in [-0.3, -0.25) is 0 Å². The summed E-state index contributed by atoms with van der Waals surface area (Å²) in [5, 5.41) is 18.5. The van der Waals surface area contributed by atoms with E-state index in [1.54, 1.807) is 12.1 Å². The first-order chi connectivity index (χ1) is 16.7. The highest BCUT2D eigenvalue weighted by Gasteiger charge is 2.24. The Hall–Kier alpha value is -3.71. The number of methoxy groups -OCH3 is 2. The number of hydrogen-bond acceptors (Lipinski definition) is 13. The molecule has 0 amide bonds. The Morgan fingerprint density at radius 2 is 1.26 bits per heavy atom. The molecule has 3 aromatic rings. The van der Waals surface area contributed by atoms with Crippen LogP contribution in [0.4, 0.5) is 11.9 Å². The summed E-state index contributed by atoms with van der Waals surface area (Å²) >= 11 is 0. The van der Waals surface area contributed by atoms with Crippen molar-refractivity contribution in [2.45, 2.75) is 0 Å². The van der Waals surface area contributed by atoms with E-state index in [4.69, 9.17) is 28.3 Å². The predicted molar refractivity (Wildman–Crippen MR) is 119 cm³/mol. The van der Waals surface area contributed by atoms with Crippen molar-refractivity contribution >= 4 is 11.9 Å². The fourth-order valence-corrected chi connectivity index (χ4v) is 3.71. The van der Waals surface area contributed by atoms with Crippen LogP contribution < -0.4 is 19.3 Å². The lowest BCUT2D eigenvalue weighted by molar-refractivity contribution is 0.121. The van der Waals surface area contributed by atoms with Gasteiger partial charge in [-0.2, -0.15) is 15.0 Å². The van der Waals surface area contributed by atoms with Crippen molar-refractivity contribution in [2.75, 3.05) is 76.6 Å². The van der Waals surface area contributed by atoms with E-state index in [0.29, 0.717) is 70.1 Å². The van der Waals surface area contributed by atoms with Crippen LogP contribution in [0.2, 0.25) is 0 Å². The zero-order chi connectivity index (χ0) is 23.5. The summed E-state index contributed by atoms with van der Waals surface area (Å²) in [6, 6.07) is 3.17. The fraction of sp³-hybridized carbons (Fsp3) is 0.476. The largest absolute Gasteiger partial charge is 0.502 e. The van der Waals surface area contributed by atoms with Gasteiger partial charge in [0.1, 0.15) is 0 Å². The molecule has 2 fully saturated rings. The Bertz CT molecular complexity index is 1080. The molecule has 0 saturated carbocycles. The van der Waals surface area contributed by atoms with Gasteiger partial charge < -0.3 is 38.3 Å². The molecule has 180 valence electrons. The monoisotopic (exact) mass is 471 g/mol. The fourth-order valence-electron chi connectivity index (χ4n) is 3.71. The van der Waals surface area contributed by atoms with Crippen LogP contribution in [0, 0.1) is 0 Å². The summed E-state index contributed by atoms with van der Waals surface area (Å²) in [5.41, 5.74) is 0.515. The summed E-state index contributed by atoms with van der Waals surface area (Å²) in [7, 11) is 2.89. The second-order valence-electron chi connectivity index (χ2n) is 7.60. The maximum absolute atomic E-state index is 10.2. The van der Waals surface area contributed by atoms with Crippen LogP contribution in [0.3, 0.4) is 0 Å². The Balaban J connectivity index is 1.52. The van der Waals surface area contributed by atoms with Crippen molar-refractivity contribution < 1.29 is 28.5 Å². The molecular formula is C21H25N7O6. The average Bonchev–Trinajstić information content (AvgIpc) is 3.40. The molecular weight excluding hydrogens is 446 g/mol. The molecule has 0 unspecified atom stereocenters. The third-order valence-electron chi connectivity index (χ3n) is 5.54. The van der Waals surface area contributed by atoms with Gasteiger partial charge in [-0.15, -0.1) is 10.2 Å². The first-order valence-corrected chi connectivity index (χ1v) is 10.9. The zero-order valence-electron chi connectivity index (χ0n) is 18.9. The molecule has 13 heteroatoms. The lowest BCUT2D eigenvalue weighted by Gasteiger charge is -2.30. The van der Waals surface area contributed by atoms with Crippen molar-refractivity contribution in [1.82, 2.24) is 25.1 Å². The van der Waals surface area contributed by atoms with E-state index in [1.807, 2.05) is 9.80 Å². The molecule has 2 saturated heterocycles. The van der Waals surface area contributed by atoms with Gasteiger partial charge in [0.25, 0.3) is 5.89 Å². The Morgan fingerprint density at radius 1 is 0.765 bits per heavy atom. The number of benzene rings is 1. The van der Waals surface area contributed by atoms with E-state index in [2.05, 4.69) is 20.2 Å². The smallest absolute Gasteiger partial charge is 0.286 e. The van der Waals surface area contributed by atoms with Gasteiger partial charge in [0.15, 0.2) is 11.5 Å². The van der Waals surface area contributed by atoms with E-state index >= 15 is 0 Å². The molecule has 34 heavy (non-hydrogen) atoms. The quantitative estimate of drug-likeness (QED) is 0.546. The minimum Gasteiger partial charge on any atom is -0.502 e. The molecule has 2 aliphatic rings. The molecule has 0 radical (unpaired) electrons. The molecule has 4 heterocycles. The van der Waals surface area contributed by atoms with Crippen LogP contribution in [-0.2, 0) is 9.47 Å². The van der Waals surface area contributed by atoms with E-state index in [9.17, 15) is 5.11 Å². The van der Waals surface area contributed by atoms with Gasteiger partial charge in [0.2, 0.25) is 29.4 Å². The van der Waals surface area contributed by atoms with Crippen LogP contribution in [0.1, 0.15) is 0 Å². The first-order valence-electron chi connectivity index (χ1n) is 10.9. The van der Waals surface area contributed by atoms with Crippen molar-refractivity contribution in [1.29, 1.82) is 0 Å². The number of hydrogen-bond donors (Lipinski definition) is 1. The summed E-state index contributed by atoms with van der Waals surface area (Å²) in [4.78, 5) is 18.0. The minimum atomic E-state index is -0.115. The number of anilines is 2. The lowest BCUT2D eigenvalue weighted by Crippen LogP contribution is -2.40. The molecule has 5 rings (SSSR count). The second kappa shape index (κ2) is 9.65. The van der Waals surface area contributed by atoms with E-state index in [-0.39, 0.29) is 34.9 Å². The number of phenols is 1. The van der Waals surface area contributed by atoms with Crippen LogP contribution in [0.25, 0.3) is 23.2 Å². The molecule has 0 spiro atoms. The van der Waals surface area contributed by atoms with Crippen molar-refractivity contribution in [3.63, 3.8) is 0 Å². The van der Waals surface area contributed by atoms with Crippen molar-refractivity contribution in [2.24, 2.45) is 0 Å². The Morgan fingerprint density at radius 3 is 1.76 bits per heavy atom. The van der Waals surface area contributed by atoms with Crippen molar-refractivity contribution in [3.8, 4) is 40.4 Å². The molecule has 2 aromatic heterocycles. The van der Waals surface area contributed by atoms with E-state index in [1.165, 1.54) is 14.2 Å². The van der Waals surface area contributed by atoms with Crippen molar-refractivity contribution in [3.05, 3.63) is 12.1 Å². The molecule has 2 aliphatic heterocycles. The molecule has 13 nitrogen and oxygen atoms in total. The normalized spacial score (nSPS) is 16.5. The Labute approximate surface area is 195 Å². The van der Waals surface area contributed by atoms with Crippen LogP contribution in [-0.4, -0.2) is 97.1 Å². The molecule has 0 atom stereocenters. The topological polar surface area (TPSA) is 141 Å². The highest BCUT2D eigenvalue weighted by atomic mass is 16.5. The molecule has 1 N–H and O–H groups in total. The highest BCUT2D eigenvalue weighted by molar-refractivity contribution is 5.66. The molecule has 1 aromatic carbocycles. The van der Waals surface area contributed by atoms with Gasteiger partial charge >= 0.3 is 0 Å². The number of aromatic nitrogens is 5. The SMILES string of the molecule is COc1cc(-c2nnc(-c3nc(N4CCOCC4)nc(N4CCOCC4)n3)o2)cc(OC)c1O. The second-order valence-corrected chi connectivity index (χ2v) is 7.60. The Kier molecular flexibility index (Phi) is 6.27. The maximum atomic E-state index is 10.2. The van der Waals surface area contributed by atoms with E-state index < -0.39 is 0 Å². The number of ether oxygens (including phenoxy) is 4. The highest BCUT2D eigenvalue weighted by Crippen LogP contribution is 2.40. The lowest BCUT2D eigenvalue weighted by atomic mass is 10.2. The predicted octanol–water partition coefficient (Wildman–Crippen LogP) is 0.985. The number of aromatic hydroxyl groups is 1. The summed E-state index contributed by atoms with van der Waals surface area (Å²) in [6.07, 6.45) is 0. The summed E-state index contributed by atoms with van der Waals surface area (Å²) in [5.74, 6) is 2.01. The number of rotatable bonds is 6. The van der Waals surface area contributed by atoms with Crippen LogP contribution in [0.5, 0.6) is 17.2 Å². The van der Waals surface area contributed by atoms with Gasteiger partial charge in [0, 0.05) is 31.7 Å². The molecule has 0 aliphatic carbocycles. The maximum Gasteiger partial charge on any atom is 0.286 e. The van der Waals surface area contributed by atoms with Gasteiger partial charge in [-0.25, -0.2) is 0 Å². The molecule has 0 bridgehead atoms. The van der Waals surface area contributed by atoms with Gasteiger partial charge in [-0.1, -0.05) is 0 Å². The summed E-state index contributed by atoms with van der Waals surface area (Å²) < 4.78 is 27.3. The number of phenolic OH excluding ortho intramolecular Hbond substituents is 1. The third-order valence-corrected chi connectivity index (χ3v) is 5.54. The minimum absolute atomic E-state index is 0.115. The van der Waals surface area contributed by atoms with E-state index in [0.717, 1.165) is 0 Å². The number of morpholine rings is 2. The van der Waals surface area contributed by atoms with Crippen LogP contribution >= 0.6 is 0 Å². The average molecular weight is 471 g/mol. The van der Waals surface area contributed by atoms with Gasteiger partial charge in [0.05, 0.1) is 40.6 Å². The number of nitrogens with zero attached hydrogens (tertiary/aromatic N) is 7. The van der Waals surface area contributed by atoms with Gasteiger partial charge in [-0.05, 0) is 12.1 Å². The third kappa shape index (κ3) is 4.39.